The van der Waals surface area contributed by atoms with E-state index < -0.39 is 11.7 Å². The van der Waals surface area contributed by atoms with Crippen LogP contribution in [0.2, 0.25) is 0 Å². The van der Waals surface area contributed by atoms with E-state index in [1.807, 2.05) is 26.8 Å². The van der Waals surface area contributed by atoms with Crippen molar-refractivity contribution in [2.75, 3.05) is 7.11 Å². The number of benzene rings is 1. The third-order valence-electron chi connectivity index (χ3n) is 6.30. The van der Waals surface area contributed by atoms with Gasteiger partial charge < -0.3 is 25.1 Å². The zero-order valence-electron chi connectivity index (χ0n) is 22.1. The highest BCUT2D eigenvalue weighted by Crippen LogP contribution is 2.28. The van der Waals surface area contributed by atoms with Gasteiger partial charge in [-0.15, -0.1) is 0 Å². The molecule has 0 saturated heterocycles. The molecule has 3 N–H and O–H groups in total. The summed E-state index contributed by atoms with van der Waals surface area (Å²) in [6.45, 7) is 10.0. The van der Waals surface area contributed by atoms with E-state index in [-0.39, 0.29) is 18.0 Å². The molecule has 1 fully saturated rings. The fourth-order valence-corrected chi connectivity index (χ4v) is 4.62. The molecular formula is C27H42N4O4. The van der Waals surface area contributed by atoms with Gasteiger partial charge in [0.1, 0.15) is 28.2 Å². The highest BCUT2D eigenvalue weighted by Gasteiger charge is 2.27. The largest absolute Gasteiger partial charge is 0.494 e. The molecule has 1 aliphatic rings. The zero-order chi connectivity index (χ0) is 25.6. The Kier molecular flexibility index (Phi) is 9.03. The minimum absolute atomic E-state index is 0.0252. The van der Waals surface area contributed by atoms with Gasteiger partial charge in [-0.25, -0.2) is 9.78 Å². The third-order valence-corrected chi connectivity index (χ3v) is 6.30. The van der Waals surface area contributed by atoms with Crippen molar-refractivity contribution in [2.45, 2.75) is 104 Å². The van der Waals surface area contributed by atoms with Crippen LogP contribution in [0.1, 0.15) is 95.7 Å². The lowest BCUT2D eigenvalue weighted by Gasteiger charge is -2.31. The number of amides is 2. The lowest BCUT2D eigenvalue weighted by Crippen LogP contribution is -2.46. The molecule has 8 nitrogen and oxygen atoms in total. The Morgan fingerprint density at radius 2 is 1.86 bits per heavy atom. The molecule has 0 aliphatic heterocycles. The second kappa shape index (κ2) is 11.8. The van der Waals surface area contributed by atoms with Gasteiger partial charge >= 0.3 is 6.09 Å². The topological polar surface area (TPSA) is 105 Å². The predicted molar refractivity (Wildman–Crippen MR) is 138 cm³/mol. The molecule has 1 heterocycles. The molecule has 35 heavy (non-hydrogen) atoms. The number of hydrogen-bond acceptors (Lipinski definition) is 5. The van der Waals surface area contributed by atoms with Crippen molar-refractivity contribution < 1.29 is 19.1 Å². The Balaban J connectivity index is 1.66. The van der Waals surface area contributed by atoms with Gasteiger partial charge in [0.25, 0.3) is 5.91 Å². The standard InChI is InChI=1S/C27H42N4O4/c1-17(2)10-7-8-13-22-30-23-20(14-15-21(34-6)24(23)31-22)25(32)28-18-11-9-12-19(16-18)29-26(33)35-27(3,4)5/h14-15,17-19H,7-13,16H2,1-6H3,(H,28,32)(H,29,33)(H,30,31). The van der Waals surface area contributed by atoms with Gasteiger partial charge in [0.05, 0.1) is 12.7 Å². The molecule has 1 aromatic heterocycles. The normalized spacial score (nSPS) is 18.5. The lowest BCUT2D eigenvalue weighted by molar-refractivity contribution is 0.0489. The Labute approximate surface area is 208 Å². The van der Waals surface area contributed by atoms with E-state index in [9.17, 15) is 9.59 Å². The van der Waals surface area contributed by atoms with Gasteiger partial charge in [0.15, 0.2) is 0 Å². The molecule has 2 aromatic rings. The minimum atomic E-state index is -0.539. The van der Waals surface area contributed by atoms with Crippen molar-refractivity contribution in [3.05, 3.63) is 23.5 Å². The van der Waals surface area contributed by atoms with E-state index in [2.05, 4.69) is 29.5 Å². The maximum absolute atomic E-state index is 13.3. The Hall–Kier alpha value is -2.77. The number of ether oxygens (including phenoxy) is 2. The summed E-state index contributed by atoms with van der Waals surface area (Å²) in [5.74, 6) is 2.09. The van der Waals surface area contributed by atoms with E-state index in [0.717, 1.165) is 49.9 Å². The number of rotatable bonds is 9. The molecule has 0 spiro atoms. The van der Waals surface area contributed by atoms with Crippen molar-refractivity contribution in [1.29, 1.82) is 0 Å². The quantitative estimate of drug-likeness (QED) is 0.406. The van der Waals surface area contributed by atoms with Gasteiger partial charge in [-0.3, -0.25) is 4.79 Å². The second-order valence-corrected chi connectivity index (χ2v) is 11.0. The molecule has 1 saturated carbocycles. The summed E-state index contributed by atoms with van der Waals surface area (Å²) in [6, 6.07) is 3.54. The molecule has 2 atom stereocenters. The molecule has 1 aliphatic carbocycles. The summed E-state index contributed by atoms with van der Waals surface area (Å²) < 4.78 is 10.9. The van der Waals surface area contributed by atoms with Crippen LogP contribution in [0.3, 0.4) is 0 Å². The summed E-state index contributed by atoms with van der Waals surface area (Å²) in [6.07, 6.45) is 7.17. The SMILES string of the molecule is COc1ccc(C(=O)NC2CCCC(NC(=O)OC(C)(C)C)C2)c2nc(CCCCC(C)C)[nH]c12. The maximum Gasteiger partial charge on any atom is 0.407 e. The van der Waals surface area contributed by atoms with Crippen molar-refractivity contribution in [1.82, 2.24) is 20.6 Å². The van der Waals surface area contributed by atoms with Gasteiger partial charge in [0.2, 0.25) is 0 Å². The molecule has 0 radical (unpaired) electrons. The molecule has 2 unspecified atom stereocenters. The molecule has 3 rings (SSSR count). The van der Waals surface area contributed by atoms with Crippen LogP contribution in [0.15, 0.2) is 12.1 Å². The van der Waals surface area contributed by atoms with Crippen molar-refractivity contribution >= 4 is 23.0 Å². The molecular weight excluding hydrogens is 444 g/mol. The first kappa shape index (κ1) is 26.8. The average molecular weight is 487 g/mol. The number of aromatic nitrogens is 2. The Morgan fingerprint density at radius 3 is 2.51 bits per heavy atom. The summed E-state index contributed by atoms with van der Waals surface area (Å²) in [5, 5.41) is 6.12. The number of carbonyl (C=O) groups is 2. The summed E-state index contributed by atoms with van der Waals surface area (Å²) in [4.78, 5) is 33.6. The molecule has 8 heteroatoms. The number of carbonyl (C=O) groups excluding carboxylic acids is 2. The summed E-state index contributed by atoms with van der Waals surface area (Å²) >= 11 is 0. The first-order chi connectivity index (χ1) is 16.6. The van der Waals surface area contributed by atoms with Gasteiger partial charge in [0, 0.05) is 18.5 Å². The van der Waals surface area contributed by atoms with Crippen molar-refractivity contribution in [3.63, 3.8) is 0 Å². The molecule has 194 valence electrons. The number of H-pyrrole nitrogens is 1. The number of fused-ring (bicyclic) bond motifs is 1. The predicted octanol–water partition coefficient (Wildman–Crippen LogP) is 5.51. The van der Waals surface area contributed by atoms with Crippen LogP contribution < -0.4 is 15.4 Å². The van der Waals surface area contributed by atoms with Crippen LogP contribution in [-0.2, 0) is 11.2 Å². The number of nitrogens with zero attached hydrogens (tertiary/aromatic N) is 1. The number of methoxy groups -OCH3 is 1. The first-order valence-electron chi connectivity index (χ1n) is 12.9. The van der Waals surface area contributed by atoms with Crippen LogP contribution in [0.25, 0.3) is 11.0 Å². The van der Waals surface area contributed by atoms with Gasteiger partial charge in [-0.05, 0) is 70.9 Å². The first-order valence-corrected chi connectivity index (χ1v) is 12.9. The van der Waals surface area contributed by atoms with Crippen LogP contribution in [0, 0.1) is 5.92 Å². The van der Waals surface area contributed by atoms with Crippen LogP contribution >= 0.6 is 0 Å². The molecule has 1 aromatic carbocycles. The highest BCUT2D eigenvalue weighted by atomic mass is 16.6. The van der Waals surface area contributed by atoms with Crippen molar-refractivity contribution in [2.24, 2.45) is 5.92 Å². The Bertz CT molecular complexity index is 1010. The number of imidazole rings is 1. The Morgan fingerprint density at radius 1 is 1.14 bits per heavy atom. The number of nitrogens with one attached hydrogen (secondary N) is 3. The van der Waals surface area contributed by atoms with Crippen LogP contribution in [0.5, 0.6) is 5.75 Å². The van der Waals surface area contributed by atoms with Crippen LogP contribution in [-0.4, -0.2) is 46.8 Å². The van der Waals surface area contributed by atoms with Crippen LogP contribution in [0.4, 0.5) is 4.79 Å². The lowest BCUT2D eigenvalue weighted by atomic mass is 9.91. The second-order valence-electron chi connectivity index (χ2n) is 11.0. The average Bonchev–Trinajstić information content (AvgIpc) is 3.18. The number of unbranched alkanes of at least 4 members (excludes halogenated alkanes) is 1. The van der Waals surface area contributed by atoms with Crippen molar-refractivity contribution in [3.8, 4) is 5.75 Å². The van der Waals surface area contributed by atoms with E-state index in [0.29, 0.717) is 29.2 Å². The number of alkyl carbamates (subject to hydrolysis) is 1. The van der Waals surface area contributed by atoms with E-state index >= 15 is 0 Å². The fourth-order valence-electron chi connectivity index (χ4n) is 4.62. The van der Waals surface area contributed by atoms with E-state index in [4.69, 9.17) is 14.5 Å². The summed E-state index contributed by atoms with van der Waals surface area (Å²) in [5.41, 5.74) is 1.39. The maximum atomic E-state index is 13.3. The zero-order valence-corrected chi connectivity index (χ0v) is 22.1. The molecule has 0 bridgehead atoms. The monoisotopic (exact) mass is 486 g/mol. The number of aryl methyl sites for hydroxylation is 1. The highest BCUT2D eigenvalue weighted by molar-refractivity contribution is 6.06. The van der Waals surface area contributed by atoms with E-state index in [1.165, 1.54) is 6.42 Å². The van der Waals surface area contributed by atoms with Gasteiger partial charge in [-0.1, -0.05) is 26.7 Å². The molecule has 2 amide bonds. The summed E-state index contributed by atoms with van der Waals surface area (Å²) in [7, 11) is 1.62. The van der Waals surface area contributed by atoms with Gasteiger partial charge in [-0.2, -0.15) is 0 Å². The number of aromatic amines is 1. The fraction of sp³-hybridized carbons (Fsp3) is 0.667. The number of hydrogen-bond donors (Lipinski definition) is 3. The smallest absolute Gasteiger partial charge is 0.407 e. The minimum Gasteiger partial charge on any atom is -0.494 e. The third kappa shape index (κ3) is 7.87. The van der Waals surface area contributed by atoms with E-state index in [1.54, 1.807) is 13.2 Å².